The van der Waals surface area contributed by atoms with Crippen LogP contribution >= 0.6 is 0 Å². The molecule has 2 aromatic rings. The van der Waals surface area contributed by atoms with Crippen LogP contribution in [0, 0.1) is 12.8 Å². The average molecular weight is 252 g/mol. The molecular formula is C17H20N2. The van der Waals surface area contributed by atoms with E-state index in [0.29, 0.717) is 12.0 Å². The van der Waals surface area contributed by atoms with Gasteiger partial charge in [-0.1, -0.05) is 13.0 Å². The molecule has 0 amide bonds. The fraction of sp³-hybridized carbons (Fsp3) is 0.412. The van der Waals surface area contributed by atoms with Gasteiger partial charge in [0.15, 0.2) is 0 Å². The van der Waals surface area contributed by atoms with Crippen LogP contribution < -0.4 is 0 Å². The molecule has 0 radical (unpaired) electrons. The predicted molar refractivity (Wildman–Crippen MR) is 80.2 cm³/mol. The third-order valence-corrected chi connectivity index (χ3v) is 4.62. The number of aromatic nitrogens is 1. The van der Waals surface area contributed by atoms with E-state index in [1.165, 1.54) is 28.6 Å². The molecule has 0 saturated heterocycles. The summed E-state index contributed by atoms with van der Waals surface area (Å²) in [6.45, 7) is 6.78. The second-order valence-electron chi connectivity index (χ2n) is 6.27. The lowest BCUT2D eigenvalue weighted by Crippen LogP contribution is -2.43. The number of rotatable bonds is 0. The summed E-state index contributed by atoms with van der Waals surface area (Å²) in [4.78, 5) is 2.51. The standard InChI is InChI=1S/C17H20N2/c1-11-6-13-4-5-19-10-16-14(15(7-11)17(13)19)8-12(2)9-18(16)3/h4-8,12,16H,9-10H2,1-3H3. The lowest BCUT2D eigenvalue weighted by Gasteiger charge is -2.39. The van der Waals surface area contributed by atoms with Gasteiger partial charge in [0.2, 0.25) is 0 Å². The van der Waals surface area contributed by atoms with Gasteiger partial charge in [0.05, 0.1) is 11.6 Å². The van der Waals surface area contributed by atoms with E-state index in [-0.39, 0.29) is 0 Å². The van der Waals surface area contributed by atoms with E-state index in [1.807, 2.05) is 0 Å². The lowest BCUT2D eigenvalue weighted by molar-refractivity contribution is 0.234. The zero-order valence-electron chi connectivity index (χ0n) is 11.9. The van der Waals surface area contributed by atoms with Crippen molar-refractivity contribution in [1.82, 2.24) is 9.47 Å². The highest BCUT2D eigenvalue weighted by Gasteiger charge is 2.31. The molecule has 1 aromatic heterocycles. The maximum atomic E-state index is 2.51. The second kappa shape index (κ2) is 3.73. The molecule has 3 heterocycles. The second-order valence-corrected chi connectivity index (χ2v) is 6.27. The maximum absolute atomic E-state index is 2.51. The van der Waals surface area contributed by atoms with Crippen LogP contribution in [0.15, 0.2) is 30.5 Å². The summed E-state index contributed by atoms with van der Waals surface area (Å²) in [5.41, 5.74) is 5.79. The van der Waals surface area contributed by atoms with Crippen LogP contribution in [-0.2, 0) is 6.54 Å². The SMILES string of the molecule is Cc1cc2c3c(ccn3CC3C2=CC(C)CN3C)c1. The molecule has 2 nitrogen and oxygen atoms in total. The average Bonchev–Trinajstić information content (AvgIpc) is 2.74. The van der Waals surface area contributed by atoms with Crippen molar-refractivity contribution in [2.24, 2.45) is 5.92 Å². The van der Waals surface area contributed by atoms with E-state index >= 15 is 0 Å². The first-order valence-corrected chi connectivity index (χ1v) is 7.15. The Balaban J connectivity index is 2.04. The Hall–Kier alpha value is -1.54. The highest BCUT2D eigenvalue weighted by molar-refractivity contribution is 5.95. The number of hydrogen-bond acceptors (Lipinski definition) is 1. The van der Waals surface area contributed by atoms with Gasteiger partial charge in [0.25, 0.3) is 0 Å². The molecule has 0 N–H and O–H groups in total. The molecule has 0 bridgehead atoms. The van der Waals surface area contributed by atoms with Gasteiger partial charge in [-0.3, -0.25) is 4.90 Å². The van der Waals surface area contributed by atoms with Crippen molar-refractivity contribution >= 4 is 16.5 Å². The maximum Gasteiger partial charge on any atom is 0.0558 e. The van der Waals surface area contributed by atoms with Crippen molar-refractivity contribution in [1.29, 1.82) is 0 Å². The minimum atomic E-state index is 0.543. The molecule has 0 spiro atoms. The molecule has 2 aliphatic rings. The Bertz CT molecular complexity index is 693. The number of fused-ring (bicyclic) bond motifs is 2. The van der Waals surface area contributed by atoms with Gasteiger partial charge in [-0.15, -0.1) is 0 Å². The van der Waals surface area contributed by atoms with Gasteiger partial charge < -0.3 is 4.57 Å². The normalized spacial score (nSPS) is 26.4. The number of aryl methyl sites for hydroxylation is 1. The minimum absolute atomic E-state index is 0.543. The monoisotopic (exact) mass is 252 g/mol. The third-order valence-electron chi connectivity index (χ3n) is 4.62. The molecule has 4 rings (SSSR count). The molecular weight excluding hydrogens is 232 g/mol. The van der Waals surface area contributed by atoms with Crippen LogP contribution in [0.5, 0.6) is 0 Å². The predicted octanol–water partition coefficient (Wildman–Crippen LogP) is 3.30. The molecule has 19 heavy (non-hydrogen) atoms. The highest BCUT2D eigenvalue weighted by Crippen LogP contribution is 2.38. The number of hydrogen-bond donors (Lipinski definition) is 0. The number of nitrogens with zero attached hydrogens (tertiary/aromatic N) is 2. The summed E-state index contributed by atoms with van der Waals surface area (Å²) in [5.74, 6) is 0.647. The molecule has 0 fully saturated rings. The smallest absolute Gasteiger partial charge is 0.0558 e. The molecule has 2 unspecified atom stereocenters. The quantitative estimate of drug-likeness (QED) is 0.698. The third kappa shape index (κ3) is 1.53. The van der Waals surface area contributed by atoms with E-state index in [4.69, 9.17) is 0 Å². The first kappa shape index (κ1) is 11.3. The van der Waals surface area contributed by atoms with Crippen LogP contribution in [-0.4, -0.2) is 29.1 Å². The first-order chi connectivity index (χ1) is 9.13. The van der Waals surface area contributed by atoms with Crippen LogP contribution in [0.25, 0.3) is 16.5 Å². The summed E-state index contributed by atoms with van der Waals surface area (Å²) < 4.78 is 2.43. The summed E-state index contributed by atoms with van der Waals surface area (Å²) in [6, 6.07) is 7.46. The van der Waals surface area contributed by atoms with Gasteiger partial charge in [-0.2, -0.15) is 0 Å². The zero-order chi connectivity index (χ0) is 13.1. The van der Waals surface area contributed by atoms with Crippen molar-refractivity contribution in [2.75, 3.05) is 13.6 Å². The Kier molecular flexibility index (Phi) is 2.22. The first-order valence-electron chi connectivity index (χ1n) is 7.15. The highest BCUT2D eigenvalue weighted by atomic mass is 15.2. The summed E-state index contributed by atoms with van der Waals surface area (Å²) in [7, 11) is 2.26. The molecule has 0 aliphatic carbocycles. The number of likely N-dealkylation sites (N-methyl/N-ethyl adjacent to an activating group) is 1. The van der Waals surface area contributed by atoms with Gasteiger partial charge in [-0.05, 0) is 49.2 Å². The van der Waals surface area contributed by atoms with Gasteiger partial charge in [0, 0.05) is 30.2 Å². The topological polar surface area (TPSA) is 8.17 Å². The van der Waals surface area contributed by atoms with Crippen LogP contribution in [0.4, 0.5) is 0 Å². The van der Waals surface area contributed by atoms with Gasteiger partial charge >= 0.3 is 0 Å². The molecule has 98 valence electrons. The zero-order valence-corrected chi connectivity index (χ0v) is 11.9. The summed E-state index contributed by atoms with van der Waals surface area (Å²) in [5, 5.41) is 1.38. The van der Waals surface area contributed by atoms with E-state index < -0.39 is 0 Å². The van der Waals surface area contributed by atoms with E-state index in [2.05, 4.69) is 60.8 Å². The van der Waals surface area contributed by atoms with Crippen molar-refractivity contribution in [3.63, 3.8) is 0 Å². The van der Waals surface area contributed by atoms with E-state index in [9.17, 15) is 0 Å². The van der Waals surface area contributed by atoms with Crippen LogP contribution in [0.2, 0.25) is 0 Å². The number of benzene rings is 1. The Morgan fingerprint density at radius 1 is 1.21 bits per heavy atom. The lowest BCUT2D eigenvalue weighted by atomic mass is 9.86. The molecule has 2 aliphatic heterocycles. The van der Waals surface area contributed by atoms with E-state index in [0.717, 1.165) is 6.54 Å². The molecule has 1 aromatic carbocycles. The van der Waals surface area contributed by atoms with Crippen molar-refractivity contribution in [3.8, 4) is 0 Å². The molecule has 2 atom stereocenters. The Labute approximate surface area is 114 Å². The van der Waals surface area contributed by atoms with Crippen molar-refractivity contribution in [3.05, 3.63) is 41.6 Å². The van der Waals surface area contributed by atoms with Crippen LogP contribution in [0.3, 0.4) is 0 Å². The Morgan fingerprint density at radius 3 is 2.89 bits per heavy atom. The van der Waals surface area contributed by atoms with Gasteiger partial charge in [-0.25, -0.2) is 0 Å². The van der Waals surface area contributed by atoms with Gasteiger partial charge in [0.1, 0.15) is 0 Å². The molecule has 0 saturated carbocycles. The summed E-state index contributed by atoms with van der Waals surface area (Å²) in [6.07, 6.45) is 4.74. The summed E-state index contributed by atoms with van der Waals surface area (Å²) >= 11 is 0. The minimum Gasteiger partial charge on any atom is -0.345 e. The van der Waals surface area contributed by atoms with Crippen molar-refractivity contribution < 1.29 is 0 Å². The Morgan fingerprint density at radius 2 is 2.05 bits per heavy atom. The fourth-order valence-electron chi connectivity index (χ4n) is 3.85. The van der Waals surface area contributed by atoms with Crippen LogP contribution in [0.1, 0.15) is 18.1 Å². The largest absolute Gasteiger partial charge is 0.345 e. The van der Waals surface area contributed by atoms with Crippen molar-refractivity contribution in [2.45, 2.75) is 26.4 Å². The fourth-order valence-corrected chi connectivity index (χ4v) is 3.85. The van der Waals surface area contributed by atoms with E-state index in [1.54, 1.807) is 5.57 Å². The molecule has 2 heteroatoms.